The van der Waals surface area contributed by atoms with E-state index in [0.29, 0.717) is 16.4 Å². The lowest BCUT2D eigenvalue weighted by molar-refractivity contribution is -0.134. The number of aromatic nitrogens is 1. The average molecular weight is 592 g/mol. The summed E-state index contributed by atoms with van der Waals surface area (Å²) in [6, 6.07) is 11.7. The Balaban J connectivity index is 1.52. The van der Waals surface area contributed by atoms with Crippen LogP contribution in [0.3, 0.4) is 0 Å². The summed E-state index contributed by atoms with van der Waals surface area (Å²) in [5.41, 5.74) is 0.410. The van der Waals surface area contributed by atoms with Crippen molar-refractivity contribution >= 4 is 44.5 Å². The van der Waals surface area contributed by atoms with Crippen molar-refractivity contribution in [1.82, 2.24) is 14.6 Å². The third-order valence-electron chi connectivity index (χ3n) is 6.72. The lowest BCUT2D eigenvalue weighted by atomic mass is 9.94. The van der Waals surface area contributed by atoms with Crippen LogP contribution in [0.5, 0.6) is 5.75 Å². The minimum atomic E-state index is -3.88. The van der Waals surface area contributed by atoms with Gasteiger partial charge in [0.1, 0.15) is 16.5 Å². The SMILES string of the molecule is COc1ccc(C2(C(=O)N(CCCc3cccs3)Cc3nc(C(=O)NS(=O)(=O)CCCO)c(C)s3)CC2)cc1. The van der Waals surface area contributed by atoms with Crippen LogP contribution in [-0.4, -0.2) is 61.2 Å². The van der Waals surface area contributed by atoms with E-state index >= 15 is 0 Å². The second kappa shape index (κ2) is 12.6. The van der Waals surface area contributed by atoms with E-state index in [4.69, 9.17) is 9.84 Å². The quantitative estimate of drug-likeness (QED) is 0.293. The maximum Gasteiger partial charge on any atom is 0.284 e. The average Bonchev–Trinajstić information content (AvgIpc) is 3.39. The van der Waals surface area contributed by atoms with Gasteiger partial charge < -0.3 is 14.7 Å². The number of carbonyl (C=O) groups excluding carboxylic acids is 2. The molecule has 2 amide bonds. The van der Waals surface area contributed by atoms with E-state index in [1.165, 1.54) is 16.2 Å². The van der Waals surface area contributed by atoms with Crippen molar-refractivity contribution in [3.63, 3.8) is 0 Å². The van der Waals surface area contributed by atoms with Crippen LogP contribution in [0, 0.1) is 6.92 Å². The van der Waals surface area contributed by atoms with Gasteiger partial charge in [-0.25, -0.2) is 18.1 Å². The van der Waals surface area contributed by atoms with Gasteiger partial charge in [0.05, 0.1) is 24.8 Å². The van der Waals surface area contributed by atoms with Gasteiger partial charge in [-0.1, -0.05) is 18.2 Å². The number of hydrogen-bond acceptors (Lipinski definition) is 9. The molecular weight excluding hydrogens is 559 g/mol. The predicted molar refractivity (Wildman–Crippen MR) is 152 cm³/mol. The number of benzene rings is 1. The Kier molecular flexibility index (Phi) is 9.42. The molecular formula is C27H33N3O6S3. The summed E-state index contributed by atoms with van der Waals surface area (Å²) in [5, 5.41) is 11.5. The van der Waals surface area contributed by atoms with E-state index < -0.39 is 21.3 Å². The van der Waals surface area contributed by atoms with Gasteiger partial charge in [0.15, 0.2) is 0 Å². The van der Waals surface area contributed by atoms with E-state index in [0.717, 1.165) is 37.0 Å². The molecule has 2 N–H and O–H groups in total. The normalized spacial score (nSPS) is 14.1. The maximum atomic E-state index is 14.0. The van der Waals surface area contributed by atoms with Gasteiger partial charge in [0.2, 0.25) is 15.9 Å². The first-order chi connectivity index (χ1) is 18.7. The lowest BCUT2D eigenvalue weighted by Gasteiger charge is -2.27. The zero-order valence-electron chi connectivity index (χ0n) is 22.0. The topological polar surface area (TPSA) is 126 Å². The summed E-state index contributed by atoms with van der Waals surface area (Å²) in [4.78, 5) is 34.8. The number of aliphatic hydroxyl groups excluding tert-OH is 1. The molecule has 3 aromatic rings. The fourth-order valence-electron chi connectivity index (χ4n) is 4.50. The molecule has 0 bridgehead atoms. The molecule has 12 heteroatoms. The minimum absolute atomic E-state index is 0.0302. The first-order valence-corrected chi connectivity index (χ1v) is 16.1. The Labute approximate surface area is 236 Å². The van der Waals surface area contributed by atoms with Crippen molar-refractivity contribution in [2.75, 3.05) is 26.0 Å². The zero-order chi connectivity index (χ0) is 28.0. The number of sulfonamides is 1. The number of hydrogen-bond donors (Lipinski definition) is 2. The highest BCUT2D eigenvalue weighted by Gasteiger charge is 2.53. The van der Waals surface area contributed by atoms with E-state index in [-0.39, 0.29) is 36.9 Å². The van der Waals surface area contributed by atoms with Gasteiger partial charge in [0.25, 0.3) is 5.91 Å². The number of amides is 2. The number of nitrogens with one attached hydrogen (secondary N) is 1. The molecule has 0 aliphatic heterocycles. The molecule has 9 nitrogen and oxygen atoms in total. The predicted octanol–water partition coefficient (Wildman–Crippen LogP) is 3.66. The van der Waals surface area contributed by atoms with Gasteiger partial charge in [0, 0.05) is 22.9 Å². The Morgan fingerprint density at radius 1 is 1.18 bits per heavy atom. The number of aliphatic hydroxyl groups is 1. The number of aryl methyl sites for hydroxylation is 2. The number of methoxy groups -OCH3 is 1. The first kappa shape index (κ1) is 29.2. The Hall–Kier alpha value is -2.80. The molecule has 0 spiro atoms. The second-order valence-electron chi connectivity index (χ2n) is 9.56. The number of rotatable bonds is 14. The van der Waals surface area contributed by atoms with Crippen LogP contribution >= 0.6 is 22.7 Å². The Morgan fingerprint density at radius 2 is 1.92 bits per heavy atom. The molecule has 0 radical (unpaired) electrons. The van der Waals surface area contributed by atoms with Gasteiger partial charge >= 0.3 is 0 Å². The highest BCUT2D eigenvalue weighted by molar-refractivity contribution is 7.90. The third-order valence-corrected chi connectivity index (χ3v) is 9.94. The summed E-state index contributed by atoms with van der Waals surface area (Å²) in [7, 11) is -2.27. The number of nitrogens with zero attached hydrogens (tertiary/aromatic N) is 2. The monoisotopic (exact) mass is 591 g/mol. The fraction of sp³-hybridized carbons (Fsp3) is 0.444. The summed E-state index contributed by atoms with van der Waals surface area (Å²) in [5.74, 6) is -0.396. The minimum Gasteiger partial charge on any atom is -0.497 e. The van der Waals surface area contributed by atoms with Crippen molar-refractivity contribution in [2.45, 2.75) is 51.0 Å². The maximum absolute atomic E-state index is 14.0. The van der Waals surface area contributed by atoms with Gasteiger partial charge in [-0.05, 0) is 68.2 Å². The van der Waals surface area contributed by atoms with Crippen LogP contribution in [0.15, 0.2) is 41.8 Å². The van der Waals surface area contributed by atoms with Crippen LogP contribution in [0.2, 0.25) is 0 Å². The number of thiazole rings is 1. The van der Waals surface area contributed by atoms with Crippen LogP contribution in [-0.2, 0) is 33.2 Å². The number of carbonyl (C=O) groups is 2. The lowest BCUT2D eigenvalue weighted by Crippen LogP contribution is -2.39. The van der Waals surface area contributed by atoms with E-state index in [1.54, 1.807) is 25.4 Å². The summed E-state index contributed by atoms with van der Waals surface area (Å²) in [6.45, 7) is 2.18. The molecule has 2 aromatic heterocycles. The van der Waals surface area contributed by atoms with Crippen molar-refractivity contribution in [3.8, 4) is 5.75 Å². The number of thiophene rings is 1. The van der Waals surface area contributed by atoms with Crippen LogP contribution < -0.4 is 9.46 Å². The Morgan fingerprint density at radius 3 is 2.54 bits per heavy atom. The third kappa shape index (κ3) is 7.24. The molecule has 4 rings (SSSR count). The Bertz CT molecular complexity index is 1380. The van der Waals surface area contributed by atoms with Crippen molar-refractivity contribution < 1.29 is 27.9 Å². The summed E-state index contributed by atoms with van der Waals surface area (Å²) >= 11 is 2.97. The zero-order valence-corrected chi connectivity index (χ0v) is 24.5. The van der Waals surface area contributed by atoms with Crippen molar-refractivity contribution in [1.29, 1.82) is 0 Å². The largest absolute Gasteiger partial charge is 0.497 e. The molecule has 210 valence electrons. The second-order valence-corrected chi connectivity index (χ2v) is 13.7. The molecule has 0 saturated heterocycles. The standard InChI is InChI=1S/C27H33N3O6S3/c1-19-24(25(32)29-39(34,35)17-5-15-31)28-23(38-19)18-30(14-3-6-22-7-4-16-37-22)26(33)27(12-13-27)20-8-10-21(36-2)11-9-20/h4,7-11,16,31H,3,5-6,12-15,17-18H2,1-2H3,(H,29,32). The summed E-state index contributed by atoms with van der Waals surface area (Å²) in [6.07, 6.45) is 3.19. The van der Waals surface area contributed by atoms with Crippen molar-refractivity contribution in [2.24, 2.45) is 0 Å². The van der Waals surface area contributed by atoms with Crippen LogP contribution in [0.25, 0.3) is 0 Å². The highest BCUT2D eigenvalue weighted by Crippen LogP contribution is 2.50. The van der Waals surface area contributed by atoms with Crippen LogP contribution in [0.4, 0.5) is 0 Å². The first-order valence-electron chi connectivity index (χ1n) is 12.8. The van der Waals surface area contributed by atoms with Crippen molar-refractivity contribution in [3.05, 3.63) is 67.8 Å². The van der Waals surface area contributed by atoms with Crippen LogP contribution in [0.1, 0.15) is 56.5 Å². The number of ether oxygens (including phenoxy) is 1. The molecule has 1 fully saturated rings. The molecule has 1 saturated carbocycles. The van der Waals surface area contributed by atoms with E-state index in [9.17, 15) is 18.0 Å². The smallest absolute Gasteiger partial charge is 0.284 e. The molecule has 1 aromatic carbocycles. The molecule has 0 unspecified atom stereocenters. The highest BCUT2D eigenvalue weighted by atomic mass is 32.2. The summed E-state index contributed by atoms with van der Waals surface area (Å²) < 4.78 is 31.6. The molecule has 1 aliphatic rings. The fourth-order valence-corrected chi connectivity index (χ4v) is 7.19. The molecule has 1 aliphatic carbocycles. The van der Waals surface area contributed by atoms with Gasteiger partial charge in [-0.3, -0.25) is 9.59 Å². The molecule has 39 heavy (non-hydrogen) atoms. The van der Waals surface area contributed by atoms with E-state index in [1.807, 2.05) is 45.3 Å². The van der Waals surface area contributed by atoms with Gasteiger partial charge in [-0.15, -0.1) is 22.7 Å². The van der Waals surface area contributed by atoms with Gasteiger partial charge in [-0.2, -0.15) is 0 Å². The molecule has 0 atom stereocenters. The molecule has 2 heterocycles. The van der Waals surface area contributed by atoms with E-state index in [2.05, 4.69) is 11.1 Å².